The van der Waals surface area contributed by atoms with E-state index in [1.807, 2.05) is 24.3 Å². The van der Waals surface area contributed by atoms with Crippen molar-refractivity contribution >= 4 is 33.0 Å². The number of piperidine rings is 1. The van der Waals surface area contributed by atoms with Crippen molar-refractivity contribution in [3.63, 3.8) is 0 Å². The van der Waals surface area contributed by atoms with Gasteiger partial charge in [0.15, 0.2) is 0 Å². The molecule has 1 aromatic heterocycles. The van der Waals surface area contributed by atoms with Crippen molar-refractivity contribution < 1.29 is 13.2 Å². The first-order chi connectivity index (χ1) is 12.4. The molecule has 26 heavy (non-hydrogen) atoms. The van der Waals surface area contributed by atoms with Crippen molar-refractivity contribution in [1.82, 2.24) is 4.31 Å². The molecule has 1 N–H and O–H groups in total. The van der Waals surface area contributed by atoms with Crippen LogP contribution in [-0.4, -0.2) is 31.7 Å². The minimum Gasteiger partial charge on any atom is -0.326 e. The zero-order valence-corrected chi connectivity index (χ0v) is 16.6. The Kier molecular flexibility index (Phi) is 5.79. The van der Waals surface area contributed by atoms with E-state index < -0.39 is 10.0 Å². The number of nitrogens with zero attached hydrogens (tertiary/aromatic N) is 1. The van der Waals surface area contributed by atoms with Gasteiger partial charge in [-0.05, 0) is 47.9 Å². The van der Waals surface area contributed by atoms with Crippen LogP contribution in [0.25, 0.3) is 0 Å². The van der Waals surface area contributed by atoms with Gasteiger partial charge in [-0.2, -0.15) is 4.31 Å². The fraction of sp³-hybridized carbons (Fsp3) is 0.421. The number of hydrogen-bond donors (Lipinski definition) is 1. The molecule has 1 aliphatic rings. The van der Waals surface area contributed by atoms with Crippen LogP contribution < -0.4 is 5.32 Å². The average molecular weight is 393 g/mol. The molecule has 1 amide bonds. The van der Waals surface area contributed by atoms with Crippen molar-refractivity contribution in [3.05, 3.63) is 47.3 Å². The zero-order valence-electron chi connectivity index (χ0n) is 15.0. The van der Waals surface area contributed by atoms with Gasteiger partial charge in [0.05, 0.1) is 5.92 Å². The third-order valence-electron chi connectivity index (χ3n) is 4.69. The van der Waals surface area contributed by atoms with Gasteiger partial charge in [0.1, 0.15) is 4.21 Å². The Balaban J connectivity index is 1.66. The number of nitrogens with one attached hydrogen (secondary N) is 1. The van der Waals surface area contributed by atoms with Crippen LogP contribution in [0.3, 0.4) is 0 Å². The summed E-state index contributed by atoms with van der Waals surface area (Å²) >= 11 is 1.21. The Bertz CT molecular complexity index is 843. The summed E-state index contributed by atoms with van der Waals surface area (Å²) in [7, 11) is -3.50. The Hall–Kier alpha value is -1.70. The van der Waals surface area contributed by atoms with E-state index in [9.17, 15) is 13.2 Å². The Labute approximate surface area is 159 Å². The lowest BCUT2D eigenvalue weighted by atomic mass is 9.98. The third-order valence-corrected chi connectivity index (χ3v) is 7.93. The average Bonchev–Trinajstić information content (AvgIpc) is 3.18. The highest BCUT2D eigenvalue weighted by molar-refractivity contribution is 7.91. The molecule has 2 heterocycles. The van der Waals surface area contributed by atoms with Crippen LogP contribution in [0, 0.1) is 5.92 Å². The largest absolute Gasteiger partial charge is 0.326 e. The summed E-state index contributed by atoms with van der Waals surface area (Å²) in [5.74, 6) is -0.00856. The number of hydrogen-bond acceptors (Lipinski definition) is 4. The molecule has 0 radical (unpaired) electrons. The molecule has 1 aromatic carbocycles. The number of carbonyl (C=O) groups excluding carboxylic acids is 1. The number of amides is 1. The predicted octanol–water partition coefficient (Wildman–Crippen LogP) is 3.91. The third kappa shape index (κ3) is 4.16. The van der Waals surface area contributed by atoms with Crippen LogP contribution in [0.5, 0.6) is 0 Å². The number of rotatable bonds is 5. The highest BCUT2D eigenvalue weighted by atomic mass is 32.2. The van der Waals surface area contributed by atoms with Crippen molar-refractivity contribution in [2.24, 2.45) is 5.92 Å². The van der Waals surface area contributed by atoms with E-state index in [2.05, 4.69) is 19.2 Å². The van der Waals surface area contributed by atoms with E-state index >= 15 is 0 Å². The number of sulfonamides is 1. The SMILES string of the molecule is CC(C)c1ccc(NC(=O)C2CCCN(S(=O)(=O)c3cccs3)C2)cc1. The smallest absolute Gasteiger partial charge is 0.252 e. The summed E-state index contributed by atoms with van der Waals surface area (Å²) in [6.07, 6.45) is 1.39. The van der Waals surface area contributed by atoms with Gasteiger partial charge in [-0.3, -0.25) is 4.79 Å². The maximum absolute atomic E-state index is 12.7. The van der Waals surface area contributed by atoms with E-state index in [0.717, 1.165) is 5.69 Å². The summed E-state index contributed by atoms with van der Waals surface area (Å²) in [6.45, 7) is 4.94. The summed E-state index contributed by atoms with van der Waals surface area (Å²) in [5, 5.41) is 4.68. The van der Waals surface area contributed by atoms with Gasteiger partial charge in [-0.15, -0.1) is 11.3 Å². The van der Waals surface area contributed by atoms with Crippen LogP contribution in [0.15, 0.2) is 46.0 Å². The molecule has 0 spiro atoms. The van der Waals surface area contributed by atoms with E-state index in [1.54, 1.807) is 17.5 Å². The molecular weight excluding hydrogens is 368 g/mol. The molecule has 1 atom stereocenters. The lowest BCUT2D eigenvalue weighted by Crippen LogP contribution is -2.43. The molecule has 1 aliphatic heterocycles. The number of carbonyl (C=O) groups is 1. The number of anilines is 1. The maximum Gasteiger partial charge on any atom is 0.252 e. The monoisotopic (exact) mass is 392 g/mol. The van der Waals surface area contributed by atoms with E-state index in [-0.39, 0.29) is 18.4 Å². The molecule has 3 rings (SSSR count). The fourth-order valence-corrected chi connectivity index (χ4v) is 5.78. The molecule has 0 bridgehead atoms. The molecule has 0 aliphatic carbocycles. The summed E-state index contributed by atoms with van der Waals surface area (Å²) < 4.78 is 27.1. The van der Waals surface area contributed by atoms with Crippen LogP contribution in [0.2, 0.25) is 0 Å². The Morgan fingerprint density at radius 1 is 1.23 bits per heavy atom. The molecule has 7 heteroatoms. The van der Waals surface area contributed by atoms with Crippen molar-refractivity contribution in [3.8, 4) is 0 Å². The first-order valence-electron chi connectivity index (χ1n) is 8.82. The lowest BCUT2D eigenvalue weighted by molar-refractivity contribution is -0.120. The first-order valence-corrected chi connectivity index (χ1v) is 11.1. The Morgan fingerprint density at radius 2 is 1.96 bits per heavy atom. The topological polar surface area (TPSA) is 66.5 Å². The van der Waals surface area contributed by atoms with E-state index in [4.69, 9.17) is 0 Å². The van der Waals surface area contributed by atoms with Gasteiger partial charge < -0.3 is 5.32 Å². The van der Waals surface area contributed by atoms with E-state index in [0.29, 0.717) is 29.5 Å². The van der Waals surface area contributed by atoms with Gasteiger partial charge in [0.25, 0.3) is 10.0 Å². The standard InChI is InChI=1S/C19H24N2O3S2/c1-14(2)15-7-9-17(10-8-15)20-19(22)16-5-3-11-21(13-16)26(23,24)18-6-4-12-25-18/h4,6-10,12,14,16H,3,5,11,13H2,1-2H3,(H,20,22). The van der Waals surface area contributed by atoms with Gasteiger partial charge in [-0.25, -0.2) is 8.42 Å². The molecule has 5 nitrogen and oxygen atoms in total. The van der Waals surface area contributed by atoms with Crippen LogP contribution in [-0.2, 0) is 14.8 Å². The zero-order chi connectivity index (χ0) is 18.7. The molecule has 0 saturated carbocycles. The molecular formula is C19H24N2O3S2. The number of thiophene rings is 1. The quantitative estimate of drug-likeness (QED) is 0.839. The summed E-state index contributed by atoms with van der Waals surface area (Å²) in [5.41, 5.74) is 1.96. The van der Waals surface area contributed by atoms with Gasteiger partial charge in [0, 0.05) is 18.8 Å². The number of benzene rings is 1. The van der Waals surface area contributed by atoms with Gasteiger partial charge in [0.2, 0.25) is 5.91 Å². The van der Waals surface area contributed by atoms with Crippen LogP contribution in [0.4, 0.5) is 5.69 Å². The van der Waals surface area contributed by atoms with Crippen LogP contribution >= 0.6 is 11.3 Å². The van der Waals surface area contributed by atoms with E-state index in [1.165, 1.54) is 21.2 Å². The molecule has 1 unspecified atom stereocenters. The molecule has 2 aromatic rings. The second-order valence-electron chi connectivity index (χ2n) is 6.90. The highest BCUT2D eigenvalue weighted by Crippen LogP contribution is 2.27. The second kappa shape index (κ2) is 7.90. The first kappa shape index (κ1) is 19.1. The summed E-state index contributed by atoms with van der Waals surface area (Å²) in [6, 6.07) is 11.2. The minimum absolute atomic E-state index is 0.117. The molecule has 140 valence electrons. The normalized spacial score (nSPS) is 18.8. The molecule has 1 saturated heterocycles. The van der Waals surface area contributed by atoms with Crippen molar-refractivity contribution in [1.29, 1.82) is 0 Å². The van der Waals surface area contributed by atoms with Gasteiger partial charge in [-0.1, -0.05) is 32.0 Å². The maximum atomic E-state index is 12.7. The minimum atomic E-state index is -3.50. The second-order valence-corrected chi connectivity index (χ2v) is 10.0. The lowest BCUT2D eigenvalue weighted by Gasteiger charge is -2.30. The fourth-order valence-electron chi connectivity index (χ4n) is 3.11. The van der Waals surface area contributed by atoms with Crippen molar-refractivity contribution in [2.75, 3.05) is 18.4 Å². The van der Waals surface area contributed by atoms with Crippen LogP contribution in [0.1, 0.15) is 38.2 Å². The summed E-state index contributed by atoms with van der Waals surface area (Å²) in [4.78, 5) is 12.6. The Morgan fingerprint density at radius 3 is 2.58 bits per heavy atom. The van der Waals surface area contributed by atoms with Crippen molar-refractivity contribution in [2.45, 2.75) is 36.8 Å². The highest BCUT2D eigenvalue weighted by Gasteiger charge is 2.33. The predicted molar refractivity (Wildman–Crippen MR) is 105 cm³/mol. The molecule has 1 fully saturated rings. The van der Waals surface area contributed by atoms with Gasteiger partial charge >= 0.3 is 0 Å².